The summed E-state index contributed by atoms with van der Waals surface area (Å²) >= 11 is 0. The van der Waals surface area contributed by atoms with Crippen LogP contribution in [0.25, 0.3) is 0 Å². The molecule has 2 atom stereocenters. The smallest absolute Gasteiger partial charge is 0.226 e. The quantitative estimate of drug-likeness (QED) is 0.843. The van der Waals surface area contributed by atoms with Crippen molar-refractivity contribution in [2.45, 2.75) is 44.9 Å². The van der Waals surface area contributed by atoms with E-state index in [-0.39, 0.29) is 5.92 Å². The van der Waals surface area contributed by atoms with Gasteiger partial charge in [-0.15, -0.1) is 0 Å². The number of aryl methyl sites for hydroxylation is 1. The molecule has 1 amide bonds. The van der Waals surface area contributed by atoms with Crippen LogP contribution in [0, 0.1) is 17.8 Å². The minimum atomic E-state index is 0.212. The van der Waals surface area contributed by atoms with Crippen LogP contribution in [0.1, 0.15) is 50.5 Å². The second-order valence-corrected chi connectivity index (χ2v) is 8.65. The largest absolute Gasteiger partial charge is 0.342 e. The Kier molecular flexibility index (Phi) is 4.85. The van der Waals surface area contributed by atoms with Gasteiger partial charge in [-0.2, -0.15) is 5.10 Å². The van der Waals surface area contributed by atoms with Gasteiger partial charge in [0.2, 0.25) is 5.91 Å². The van der Waals surface area contributed by atoms with Crippen LogP contribution in [0.15, 0.2) is 12.4 Å². The van der Waals surface area contributed by atoms with E-state index in [4.69, 9.17) is 0 Å². The van der Waals surface area contributed by atoms with Crippen LogP contribution in [0.4, 0.5) is 0 Å². The van der Waals surface area contributed by atoms with E-state index in [9.17, 15) is 4.79 Å². The van der Waals surface area contributed by atoms with Crippen LogP contribution in [-0.2, 0) is 11.8 Å². The summed E-state index contributed by atoms with van der Waals surface area (Å²) in [4.78, 5) is 17.6. The summed E-state index contributed by atoms with van der Waals surface area (Å²) in [5, 5.41) is 4.24. The molecule has 0 unspecified atom stereocenters. The first-order valence-electron chi connectivity index (χ1n) is 10.1. The molecule has 1 aliphatic carbocycles. The van der Waals surface area contributed by atoms with Crippen molar-refractivity contribution in [3.63, 3.8) is 0 Å². The van der Waals surface area contributed by atoms with Gasteiger partial charge in [0.15, 0.2) is 0 Å². The van der Waals surface area contributed by atoms with Crippen molar-refractivity contribution in [1.29, 1.82) is 0 Å². The van der Waals surface area contributed by atoms with E-state index in [1.807, 2.05) is 17.9 Å². The van der Waals surface area contributed by atoms with Gasteiger partial charge < -0.3 is 9.80 Å². The molecule has 3 fully saturated rings. The molecule has 0 N–H and O–H groups in total. The number of aromatic nitrogens is 2. The lowest BCUT2D eigenvalue weighted by Crippen LogP contribution is -2.43. The molecule has 1 saturated carbocycles. The number of rotatable bonds is 4. The molecule has 5 nitrogen and oxygen atoms in total. The molecular formula is C20H32N4O. The zero-order chi connectivity index (χ0) is 17.4. The number of carbonyl (C=O) groups excluding carboxylic acids is 1. The second-order valence-electron chi connectivity index (χ2n) is 8.65. The number of amides is 1. The summed E-state index contributed by atoms with van der Waals surface area (Å²) in [7, 11) is 1.94. The summed E-state index contributed by atoms with van der Waals surface area (Å²) in [6.07, 6.45) is 10.1. The molecule has 2 aliphatic heterocycles. The minimum absolute atomic E-state index is 0.212. The number of piperidine rings is 2. The van der Waals surface area contributed by atoms with Gasteiger partial charge in [-0.05, 0) is 68.5 Å². The Morgan fingerprint density at radius 2 is 1.88 bits per heavy atom. The van der Waals surface area contributed by atoms with Crippen LogP contribution in [0.2, 0.25) is 0 Å². The highest BCUT2D eigenvalue weighted by Gasteiger charge is 2.46. The summed E-state index contributed by atoms with van der Waals surface area (Å²) in [6.45, 7) is 8.09. The average Bonchev–Trinajstić information content (AvgIpc) is 3.31. The third-order valence-corrected chi connectivity index (χ3v) is 6.58. The number of likely N-dealkylation sites (tertiary alicyclic amines) is 2. The Morgan fingerprint density at radius 3 is 2.52 bits per heavy atom. The average molecular weight is 345 g/mol. The lowest BCUT2D eigenvalue weighted by Gasteiger charge is -2.37. The molecule has 1 aromatic heterocycles. The number of carbonyl (C=O) groups is 1. The van der Waals surface area contributed by atoms with Gasteiger partial charge in [0.05, 0.1) is 6.20 Å². The third kappa shape index (κ3) is 3.91. The maximum atomic E-state index is 12.8. The molecule has 3 heterocycles. The van der Waals surface area contributed by atoms with E-state index in [1.54, 1.807) is 0 Å². The zero-order valence-corrected chi connectivity index (χ0v) is 15.7. The van der Waals surface area contributed by atoms with Crippen LogP contribution in [0.5, 0.6) is 0 Å². The molecule has 1 aromatic rings. The van der Waals surface area contributed by atoms with Gasteiger partial charge in [0.25, 0.3) is 0 Å². The Morgan fingerprint density at radius 1 is 1.16 bits per heavy atom. The number of hydrogen-bond donors (Lipinski definition) is 0. The Hall–Kier alpha value is -1.36. The van der Waals surface area contributed by atoms with Gasteiger partial charge in [-0.3, -0.25) is 9.48 Å². The lowest BCUT2D eigenvalue weighted by atomic mass is 9.93. The van der Waals surface area contributed by atoms with E-state index in [0.717, 1.165) is 31.3 Å². The highest BCUT2D eigenvalue weighted by Crippen LogP contribution is 2.48. The van der Waals surface area contributed by atoms with E-state index in [1.165, 1.54) is 50.9 Å². The van der Waals surface area contributed by atoms with Crippen molar-refractivity contribution in [3.8, 4) is 0 Å². The van der Waals surface area contributed by atoms with Gasteiger partial charge in [-0.25, -0.2) is 0 Å². The van der Waals surface area contributed by atoms with Crippen LogP contribution >= 0.6 is 0 Å². The molecule has 138 valence electrons. The Balaban J connectivity index is 1.22. The maximum absolute atomic E-state index is 12.8. The second kappa shape index (κ2) is 7.10. The molecule has 0 bridgehead atoms. The van der Waals surface area contributed by atoms with Crippen LogP contribution in [-0.4, -0.2) is 58.2 Å². The highest BCUT2D eigenvalue weighted by atomic mass is 16.2. The first-order valence-corrected chi connectivity index (χ1v) is 10.1. The van der Waals surface area contributed by atoms with Crippen molar-refractivity contribution in [3.05, 3.63) is 18.0 Å². The first-order chi connectivity index (χ1) is 12.1. The van der Waals surface area contributed by atoms with Gasteiger partial charge in [-0.1, -0.05) is 6.92 Å². The summed E-state index contributed by atoms with van der Waals surface area (Å²) in [5.41, 5.74) is 1.23. The van der Waals surface area contributed by atoms with Crippen molar-refractivity contribution in [2.75, 3.05) is 32.7 Å². The Labute approximate surface area is 151 Å². The van der Waals surface area contributed by atoms with E-state index in [0.29, 0.717) is 11.8 Å². The monoisotopic (exact) mass is 344 g/mol. The number of nitrogens with zero attached hydrogens (tertiary/aromatic N) is 4. The Bertz CT molecular complexity index is 597. The summed E-state index contributed by atoms with van der Waals surface area (Å²) in [5.74, 6) is 2.70. The van der Waals surface area contributed by atoms with Gasteiger partial charge in [0, 0.05) is 38.8 Å². The molecular weight excluding hydrogens is 312 g/mol. The number of hydrogen-bond acceptors (Lipinski definition) is 3. The molecule has 0 spiro atoms. The molecule has 0 aromatic carbocycles. The molecule has 4 rings (SSSR count). The normalized spacial score (nSPS) is 29.1. The molecule has 5 heteroatoms. The van der Waals surface area contributed by atoms with Crippen molar-refractivity contribution < 1.29 is 4.79 Å². The molecule has 0 radical (unpaired) electrons. The van der Waals surface area contributed by atoms with Crippen molar-refractivity contribution in [2.24, 2.45) is 24.8 Å². The van der Waals surface area contributed by atoms with Crippen molar-refractivity contribution in [1.82, 2.24) is 19.6 Å². The fraction of sp³-hybridized carbons (Fsp3) is 0.800. The topological polar surface area (TPSA) is 41.4 Å². The zero-order valence-electron chi connectivity index (χ0n) is 15.7. The lowest BCUT2D eigenvalue weighted by molar-refractivity contribution is -0.134. The standard InChI is InChI=1S/C20H32N4O/c1-15-3-7-23(8-4-15)13-16-5-9-24(10-6-16)20(25)19-11-18(19)17-12-21-22(2)14-17/h12,14-16,18-19H,3-11,13H2,1-2H3/t18-,19-/m0/s1. The van der Waals surface area contributed by atoms with E-state index < -0.39 is 0 Å². The minimum Gasteiger partial charge on any atom is -0.342 e. The molecule has 25 heavy (non-hydrogen) atoms. The fourth-order valence-electron chi connectivity index (χ4n) is 4.65. The third-order valence-electron chi connectivity index (χ3n) is 6.58. The molecule has 3 aliphatic rings. The maximum Gasteiger partial charge on any atom is 0.226 e. The summed E-state index contributed by atoms with van der Waals surface area (Å²) in [6, 6.07) is 0. The van der Waals surface area contributed by atoms with E-state index >= 15 is 0 Å². The SMILES string of the molecule is CC1CCN(CC2CCN(C(=O)[C@H]3C[C@H]3c3cnn(C)c3)CC2)CC1. The van der Waals surface area contributed by atoms with Crippen LogP contribution < -0.4 is 0 Å². The summed E-state index contributed by atoms with van der Waals surface area (Å²) < 4.78 is 1.84. The van der Waals surface area contributed by atoms with Crippen LogP contribution in [0.3, 0.4) is 0 Å². The van der Waals surface area contributed by atoms with Gasteiger partial charge >= 0.3 is 0 Å². The predicted molar refractivity (Wildman–Crippen MR) is 98.2 cm³/mol. The first kappa shape index (κ1) is 17.1. The molecule has 2 saturated heterocycles. The van der Waals surface area contributed by atoms with Crippen molar-refractivity contribution >= 4 is 5.91 Å². The highest BCUT2D eigenvalue weighted by molar-refractivity contribution is 5.83. The van der Waals surface area contributed by atoms with Gasteiger partial charge in [0.1, 0.15) is 0 Å². The fourth-order valence-corrected chi connectivity index (χ4v) is 4.65. The van der Waals surface area contributed by atoms with E-state index in [2.05, 4.69) is 28.0 Å². The predicted octanol–water partition coefficient (Wildman–Crippen LogP) is 2.49.